The molecular formula is C13H18ClN3O2. The van der Waals surface area contributed by atoms with Gasteiger partial charge in [-0.05, 0) is 18.2 Å². The van der Waals surface area contributed by atoms with Gasteiger partial charge in [-0.15, -0.1) is 0 Å². The Hall–Kier alpha value is -1.17. The largest absolute Gasteiger partial charge is 0.301 e. The zero-order valence-electron chi connectivity index (χ0n) is 11.0. The molecule has 0 aromatic heterocycles. The first kappa shape index (κ1) is 14.2. The number of nitrogens with zero attached hydrogens (tertiary/aromatic N) is 3. The molecule has 0 aliphatic carbocycles. The summed E-state index contributed by atoms with van der Waals surface area (Å²) in [5.41, 5.74) is 0.937. The maximum absolute atomic E-state index is 10.8. The van der Waals surface area contributed by atoms with Crippen LogP contribution in [-0.4, -0.2) is 47.4 Å². The van der Waals surface area contributed by atoms with Crippen LogP contribution in [0, 0.1) is 10.1 Å². The van der Waals surface area contributed by atoms with Crippen molar-refractivity contribution in [3.63, 3.8) is 0 Å². The van der Waals surface area contributed by atoms with Gasteiger partial charge in [0.05, 0.1) is 4.92 Å². The van der Waals surface area contributed by atoms with Crippen LogP contribution in [0.15, 0.2) is 18.2 Å². The van der Waals surface area contributed by atoms with E-state index in [-0.39, 0.29) is 10.6 Å². The molecule has 1 saturated heterocycles. The lowest BCUT2D eigenvalue weighted by molar-refractivity contribution is -0.384. The Kier molecular flexibility index (Phi) is 4.74. The number of halogens is 1. The van der Waals surface area contributed by atoms with Crippen molar-refractivity contribution < 1.29 is 4.92 Å². The van der Waals surface area contributed by atoms with E-state index in [0.717, 1.165) is 38.3 Å². The van der Waals surface area contributed by atoms with Gasteiger partial charge in [0, 0.05) is 49.9 Å². The Balaban J connectivity index is 2.03. The van der Waals surface area contributed by atoms with Crippen molar-refractivity contribution in [1.82, 2.24) is 9.80 Å². The fourth-order valence-electron chi connectivity index (χ4n) is 2.30. The second-order valence-electron chi connectivity index (χ2n) is 4.74. The number of nitro groups is 1. The van der Waals surface area contributed by atoms with E-state index < -0.39 is 0 Å². The first-order chi connectivity index (χ1) is 9.10. The van der Waals surface area contributed by atoms with Crippen molar-refractivity contribution in [3.8, 4) is 0 Å². The second kappa shape index (κ2) is 6.32. The van der Waals surface area contributed by atoms with Crippen molar-refractivity contribution in [1.29, 1.82) is 0 Å². The van der Waals surface area contributed by atoms with E-state index in [0.29, 0.717) is 11.6 Å². The van der Waals surface area contributed by atoms with Gasteiger partial charge in [-0.1, -0.05) is 18.5 Å². The molecule has 5 nitrogen and oxygen atoms in total. The fourth-order valence-corrected chi connectivity index (χ4v) is 2.48. The molecule has 0 spiro atoms. The maximum Gasteiger partial charge on any atom is 0.269 e. The summed E-state index contributed by atoms with van der Waals surface area (Å²) in [6, 6.07) is 4.63. The summed E-state index contributed by atoms with van der Waals surface area (Å²) in [6.45, 7) is 7.96. The number of non-ortho nitro benzene ring substituents is 1. The Morgan fingerprint density at radius 3 is 2.47 bits per heavy atom. The summed E-state index contributed by atoms with van der Waals surface area (Å²) in [5, 5.41) is 11.4. The summed E-state index contributed by atoms with van der Waals surface area (Å²) in [6.07, 6.45) is 0. The van der Waals surface area contributed by atoms with Gasteiger partial charge in [0.1, 0.15) is 0 Å². The Morgan fingerprint density at radius 2 is 1.89 bits per heavy atom. The lowest BCUT2D eigenvalue weighted by Gasteiger charge is -2.34. The lowest BCUT2D eigenvalue weighted by atomic mass is 10.1. The zero-order valence-corrected chi connectivity index (χ0v) is 11.8. The van der Waals surface area contributed by atoms with Gasteiger partial charge in [-0.2, -0.15) is 0 Å². The molecule has 1 heterocycles. The highest BCUT2D eigenvalue weighted by atomic mass is 35.5. The molecule has 0 unspecified atom stereocenters. The van der Waals surface area contributed by atoms with Crippen molar-refractivity contribution in [3.05, 3.63) is 38.9 Å². The average Bonchev–Trinajstić information content (AvgIpc) is 2.42. The highest BCUT2D eigenvalue weighted by Crippen LogP contribution is 2.23. The van der Waals surface area contributed by atoms with Gasteiger partial charge >= 0.3 is 0 Å². The molecule has 6 heteroatoms. The Labute approximate surface area is 117 Å². The monoisotopic (exact) mass is 283 g/mol. The van der Waals surface area contributed by atoms with E-state index in [2.05, 4.69) is 16.7 Å². The number of piperazine rings is 1. The van der Waals surface area contributed by atoms with Crippen LogP contribution in [0.25, 0.3) is 0 Å². The molecule has 0 amide bonds. The minimum atomic E-state index is -0.380. The highest BCUT2D eigenvalue weighted by Gasteiger charge is 2.18. The standard InChI is InChI=1S/C13H18ClN3O2/c1-2-15-5-7-16(8-6-15)10-11-9-12(17(18)19)3-4-13(11)14/h3-4,9H,2,5-8,10H2,1H3. The molecule has 0 saturated carbocycles. The molecule has 0 N–H and O–H groups in total. The third kappa shape index (κ3) is 3.65. The number of hydrogen-bond donors (Lipinski definition) is 0. The van der Waals surface area contributed by atoms with Gasteiger partial charge in [0.15, 0.2) is 0 Å². The van der Waals surface area contributed by atoms with Crippen LogP contribution in [-0.2, 0) is 6.54 Å². The average molecular weight is 284 g/mol. The highest BCUT2D eigenvalue weighted by molar-refractivity contribution is 6.31. The van der Waals surface area contributed by atoms with Crippen molar-refractivity contribution >= 4 is 17.3 Å². The van der Waals surface area contributed by atoms with E-state index in [1.54, 1.807) is 12.1 Å². The van der Waals surface area contributed by atoms with E-state index in [9.17, 15) is 10.1 Å². The molecule has 104 valence electrons. The third-order valence-corrected chi connectivity index (χ3v) is 3.91. The SMILES string of the molecule is CCN1CCN(Cc2cc([N+](=O)[O-])ccc2Cl)CC1. The number of rotatable bonds is 4. The zero-order chi connectivity index (χ0) is 13.8. The topological polar surface area (TPSA) is 49.6 Å². The third-order valence-electron chi connectivity index (χ3n) is 3.55. The van der Waals surface area contributed by atoms with Crippen LogP contribution in [0.1, 0.15) is 12.5 Å². The van der Waals surface area contributed by atoms with Crippen LogP contribution in [0.4, 0.5) is 5.69 Å². The van der Waals surface area contributed by atoms with Crippen molar-refractivity contribution in [2.45, 2.75) is 13.5 Å². The van der Waals surface area contributed by atoms with Crippen LogP contribution in [0.5, 0.6) is 0 Å². The summed E-state index contributed by atoms with van der Waals surface area (Å²) in [5.74, 6) is 0. The lowest BCUT2D eigenvalue weighted by Crippen LogP contribution is -2.45. The molecule has 1 aliphatic heterocycles. The van der Waals surface area contributed by atoms with Crippen LogP contribution >= 0.6 is 11.6 Å². The predicted octanol–water partition coefficient (Wildman–Crippen LogP) is 2.39. The number of likely N-dealkylation sites (N-methyl/N-ethyl adjacent to an activating group) is 1. The predicted molar refractivity (Wildman–Crippen MR) is 75.5 cm³/mol. The minimum Gasteiger partial charge on any atom is -0.301 e. The second-order valence-corrected chi connectivity index (χ2v) is 5.15. The van der Waals surface area contributed by atoms with E-state index in [1.165, 1.54) is 6.07 Å². The maximum atomic E-state index is 10.8. The molecular weight excluding hydrogens is 266 g/mol. The van der Waals surface area contributed by atoms with Crippen LogP contribution < -0.4 is 0 Å². The van der Waals surface area contributed by atoms with E-state index in [4.69, 9.17) is 11.6 Å². The summed E-state index contributed by atoms with van der Waals surface area (Å²) < 4.78 is 0. The van der Waals surface area contributed by atoms with Gasteiger partial charge in [-0.3, -0.25) is 15.0 Å². The van der Waals surface area contributed by atoms with Crippen molar-refractivity contribution in [2.24, 2.45) is 0 Å². The number of benzene rings is 1. The molecule has 1 fully saturated rings. The fraction of sp³-hybridized carbons (Fsp3) is 0.538. The molecule has 1 aliphatic rings. The summed E-state index contributed by atoms with van der Waals surface area (Å²) in [7, 11) is 0. The first-order valence-electron chi connectivity index (χ1n) is 6.47. The first-order valence-corrected chi connectivity index (χ1v) is 6.85. The van der Waals surface area contributed by atoms with Gasteiger partial charge < -0.3 is 4.90 Å². The summed E-state index contributed by atoms with van der Waals surface area (Å²) in [4.78, 5) is 15.1. The number of nitro benzene ring substituents is 1. The van der Waals surface area contributed by atoms with Crippen LogP contribution in [0.2, 0.25) is 5.02 Å². The van der Waals surface area contributed by atoms with E-state index >= 15 is 0 Å². The molecule has 1 aromatic rings. The van der Waals surface area contributed by atoms with Crippen molar-refractivity contribution in [2.75, 3.05) is 32.7 Å². The smallest absolute Gasteiger partial charge is 0.269 e. The molecule has 2 rings (SSSR count). The minimum absolute atomic E-state index is 0.103. The molecule has 1 aromatic carbocycles. The molecule has 0 atom stereocenters. The quantitative estimate of drug-likeness (QED) is 0.629. The molecule has 0 radical (unpaired) electrons. The summed E-state index contributed by atoms with van der Waals surface area (Å²) >= 11 is 6.12. The Morgan fingerprint density at radius 1 is 1.26 bits per heavy atom. The van der Waals surface area contributed by atoms with Gasteiger partial charge in [-0.25, -0.2) is 0 Å². The normalized spacial score (nSPS) is 17.6. The van der Waals surface area contributed by atoms with Crippen LogP contribution in [0.3, 0.4) is 0 Å². The molecule has 19 heavy (non-hydrogen) atoms. The number of hydrogen-bond acceptors (Lipinski definition) is 4. The van der Waals surface area contributed by atoms with E-state index in [1.807, 2.05) is 0 Å². The van der Waals surface area contributed by atoms with Gasteiger partial charge in [0.25, 0.3) is 5.69 Å². The Bertz CT molecular complexity index is 459. The van der Waals surface area contributed by atoms with Gasteiger partial charge in [0.2, 0.25) is 0 Å². The molecule has 0 bridgehead atoms.